The Bertz CT molecular complexity index is 446. The summed E-state index contributed by atoms with van der Waals surface area (Å²) in [6.45, 7) is 6.94. The van der Waals surface area contributed by atoms with E-state index >= 15 is 0 Å². The molecule has 1 aliphatic rings. The quantitative estimate of drug-likeness (QED) is 0.429. The van der Waals surface area contributed by atoms with Gasteiger partial charge in [0.1, 0.15) is 18.5 Å². The Balaban J connectivity index is 1.71. The van der Waals surface area contributed by atoms with Gasteiger partial charge in [0, 0.05) is 12.0 Å². The van der Waals surface area contributed by atoms with Crippen molar-refractivity contribution in [3.05, 3.63) is 42.0 Å². The second-order valence-corrected chi connectivity index (χ2v) is 4.58. The van der Waals surface area contributed by atoms with E-state index in [2.05, 4.69) is 6.58 Å². The topological polar surface area (TPSA) is 48.1 Å². The normalized spacial score (nSPS) is 16.8. The Morgan fingerprint density at radius 3 is 2.68 bits per heavy atom. The Kier molecular flexibility index (Phi) is 4.58. The number of epoxide rings is 1. The third-order valence-electron chi connectivity index (χ3n) is 2.73. The van der Waals surface area contributed by atoms with Crippen LogP contribution in [0.5, 0.6) is 5.75 Å². The summed E-state index contributed by atoms with van der Waals surface area (Å²) >= 11 is 0. The second kappa shape index (κ2) is 6.38. The lowest BCUT2D eigenvalue weighted by molar-refractivity contribution is -0.138. The molecule has 102 valence electrons. The number of carbonyl (C=O) groups excluding carboxylic acids is 1. The van der Waals surface area contributed by atoms with Crippen LogP contribution in [0.3, 0.4) is 0 Å². The summed E-state index contributed by atoms with van der Waals surface area (Å²) in [4.78, 5) is 11.2. The number of rotatable bonds is 7. The van der Waals surface area contributed by atoms with Gasteiger partial charge < -0.3 is 14.2 Å². The van der Waals surface area contributed by atoms with E-state index in [9.17, 15) is 4.79 Å². The largest absolute Gasteiger partial charge is 0.491 e. The molecule has 0 amide bonds. The van der Waals surface area contributed by atoms with Crippen molar-refractivity contribution >= 4 is 5.97 Å². The number of hydrogen-bond donors (Lipinski definition) is 0. The summed E-state index contributed by atoms with van der Waals surface area (Å²) in [5.41, 5.74) is 1.52. The Morgan fingerprint density at radius 2 is 2.11 bits per heavy atom. The van der Waals surface area contributed by atoms with Crippen molar-refractivity contribution in [2.24, 2.45) is 0 Å². The molecular formula is C15H18O4. The van der Waals surface area contributed by atoms with Crippen molar-refractivity contribution in [3.8, 4) is 5.75 Å². The highest BCUT2D eigenvalue weighted by atomic mass is 16.6. The number of hydrogen-bond acceptors (Lipinski definition) is 4. The highest BCUT2D eigenvalue weighted by Gasteiger charge is 2.22. The van der Waals surface area contributed by atoms with Gasteiger partial charge in [-0.15, -0.1) is 0 Å². The van der Waals surface area contributed by atoms with E-state index in [4.69, 9.17) is 14.2 Å². The highest BCUT2D eigenvalue weighted by molar-refractivity contribution is 5.86. The summed E-state index contributed by atoms with van der Waals surface area (Å²) < 4.78 is 15.6. The molecule has 0 saturated carbocycles. The Labute approximate surface area is 113 Å². The molecule has 1 unspecified atom stereocenters. The molecule has 1 heterocycles. The third-order valence-corrected chi connectivity index (χ3v) is 2.73. The van der Waals surface area contributed by atoms with E-state index in [0.29, 0.717) is 25.2 Å². The van der Waals surface area contributed by atoms with E-state index < -0.39 is 0 Å². The predicted molar refractivity (Wildman–Crippen MR) is 71.2 cm³/mol. The molecule has 0 aliphatic carbocycles. The first-order valence-corrected chi connectivity index (χ1v) is 6.31. The second-order valence-electron chi connectivity index (χ2n) is 4.58. The molecule has 0 bridgehead atoms. The van der Waals surface area contributed by atoms with Crippen LogP contribution in [-0.2, 0) is 20.7 Å². The Hall–Kier alpha value is -1.81. The molecule has 1 saturated heterocycles. The predicted octanol–water partition coefficient (Wildman–Crippen LogP) is 2.13. The molecule has 4 heteroatoms. The lowest BCUT2D eigenvalue weighted by Crippen LogP contribution is -2.08. The van der Waals surface area contributed by atoms with Crippen LogP contribution in [0.4, 0.5) is 0 Å². The van der Waals surface area contributed by atoms with E-state index in [1.54, 1.807) is 6.92 Å². The summed E-state index contributed by atoms with van der Waals surface area (Å²) in [6.07, 6.45) is 0.951. The van der Waals surface area contributed by atoms with Crippen LogP contribution in [0, 0.1) is 0 Å². The standard InChI is InChI=1S/C15H18O4/c1-11(2)15(16)17-8-7-12-3-5-13(6-4-12)18-9-14-10-19-14/h3-6,14H,1,7-10H2,2H3. The molecule has 0 spiro atoms. The summed E-state index contributed by atoms with van der Waals surface area (Å²) in [5.74, 6) is 0.488. The van der Waals surface area contributed by atoms with Crippen LogP contribution in [0.1, 0.15) is 12.5 Å². The van der Waals surface area contributed by atoms with Crippen LogP contribution >= 0.6 is 0 Å². The molecule has 1 fully saturated rings. The number of ether oxygens (including phenoxy) is 3. The lowest BCUT2D eigenvalue weighted by Gasteiger charge is -2.06. The summed E-state index contributed by atoms with van der Waals surface area (Å²) in [7, 11) is 0. The minimum absolute atomic E-state index is 0.265. The molecule has 4 nitrogen and oxygen atoms in total. The van der Waals surface area contributed by atoms with Crippen molar-refractivity contribution in [3.63, 3.8) is 0 Å². The zero-order valence-corrected chi connectivity index (χ0v) is 11.1. The van der Waals surface area contributed by atoms with Crippen molar-refractivity contribution in [2.45, 2.75) is 19.4 Å². The maximum Gasteiger partial charge on any atom is 0.333 e. The first kappa shape index (κ1) is 13.6. The maximum absolute atomic E-state index is 11.2. The van der Waals surface area contributed by atoms with Gasteiger partial charge in [-0.3, -0.25) is 0 Å². The van der Waals surface area contributed by atoms with E-state index in [-0.39, 0.29) is 12.1 Å². The summed E-state index contributed by atoms with van der Waals surface area (Å²) in [6, 6.07) is 7.77. The van der Waals surface area contributed by atoms with Gasteiger partial charge in [-0.2, -0.15) is 0 Å². The first-order chi connectivity index (χ1) is 9.15. The first-order valence-electron chi connectivity index (χ1n) is 6.31. The zero-order chi connectivity index (χ0) is 13.7. The van der Waals surface area contributed by atoms with Crippen molar-refractivity contribution in [2.75, 3.05) is 19.8 Å². The number of carbonyl (C=O) groups is 1. The van der Waals surface area contributed by atoms with E-state index in [1.807, 2.05) is 24.3 Å². The molecule has 19 heavy (non-hydrogen) atoms. The fraction of sp³-hybridized carbons (Fsp3) is 0.400. The molecule has 1 aromatic carbocycles. The monoisotopic (exact) mass is 262 g/mol. The average Bonchev–Trinajstić information content (AvgIpc) is 3.21. The van der Waals surface area contributed by atoms with Crippen LogP contribution in [0.15, 0.2) is 36.4 Å². The fourth-order valence-electron chi connectivity index (χ4n) is 1.49. The minimum atomic E-state index is -0.343. The molecule has 0 radical (unpaired) electrons. The van der Waals surface area contributed by atoms with Crippen molar-refractivity contribution < 1.29 is 19.0 Å². The fourth-order valence-corrected chi connectivity index (χ4v) is 1.49. The number of benzene rings is 1. The van der Waals surface area contributed by atoms with Crippen molar-refractivity contribution in [1.29, 1.82) is 0 Å². The zero-order valence-electron chi connectivity index (χ0n) is 11.1. The van der Waals surface area contributed by atoms with Gasteiger partial charge >= 0.3 is 5.97 Å². The molecule has 2 rings (SSSR count). The maximum atomic E-state index is 11.2. The average molecular weight is 262 g/mol. The van der Waals surface area contributed by atoms with Gasteiger partial charge in [0.2, 0.25) is 0 Å². The van der Waals surface area contributed by atoms with Gasteiger partial charge in [-0.25, -0.2) is 4.79 Å². The van der Waals surface area contributed by atoms with Gasteiger partial charge in [0.15, 0.2) is 0 Å². The third kappa shape index (κ3) is 4.75. The molecular weight excluding hydrogens is 244 g/mol. The SMILES string of the molecule is C=C(C)C(=O)OCCc1ccc(OCC2CO2)cc1. The van der Waals surface area contributed by atoms with Gasteiger partial charge in [0.05, 0.1) is 13.2 Å². The Morgan fingerprint density at radius 1 is 1.42 bits per heavy atom. The minimum Gasteiger partial charge on any atom is -0.491 e. The molecule has 0 N–H and O–H groups in total. The molecule has 0 aromatic heterocycles. The van der Waals surface area contributed by atoms with Crippen LogP contribution in [0.2, 0.25) is 0 Å². The van der Waals surface area contributed by atoms with E-state index in [1.165, 1.54) is 0 Å². The smallest absolute Gasteiger partial charge is 0.333 e. The summed E-state index contributed by atoms with van der Waals surface area (Å²) in [5, 5.41) is 0. The lowest BCUT2D eigenvalue weighted by atomic mass is 10.1. The van der Waals surface area contributed by atoms with E-state index in [0.717, 1.165) is 17.9 Å². The van der Waals surface area contributed by atoms with Crippen LogP contribution in [0.25, 0.3) is 0 Å². The van der Waals surface area contributed by atoms with Crippen LogP contribution in [-0.4, -0.2) is 31.9 Å². The molecule has 1 aliphatic heterocycles. The number of esters is 1. The van der Waals surface area contributed by atoms with Crippen LogP contribution < -0.4 is 4.74 Å². The van der Waals surface area contributed by atoms with Gasteiger partial charge in [0.25, 0.3) is 0 Å². The van der Waals surface area contributed by atoms with Gasteiger partial charge in [-0.05, 0) is 24.6 Å². The van der Waals surface area contributed by atoms with Crippen molar-refractivity contribution in [1.82, 2.24) is 0 Å². The highest BCUT2D eigenvalue weighted by Crippen LogP contribution is 2.16. The molecule has 1 aromatic rings. The molecule has 1 atom stereocenters. The van der Waals surface area contributed by atoms with Gasteiger partial charge in [-0.1, -0.05) is 18.7 Å².